The lowest BCUT2D eigenvalue weighted by Gasteiger charge is -2.45. The highest BCUT2D eigenvalue weighted by Crippen LogP contribution is 2.35. The molecule has 0 unspecified atom stereocenters. The van der Waals surface area contributed by atoms with E-state index in [1.165, 1.54) is 7.11 Å². The first-order valence-electron chi connectivity index (χ1n) is 8.89. The summed E-state index contributed by atoms with van der Waals surface area (Å²) in [6.45, 7) is 5.24. The van der Waals surface area contributed by atoms with Crippen molar-refractivity contribution in [2.75, 3.05) is 20.8 Å². The van der Waals surface area contributed by atoms with Crippen molar-refractivity contribution in [3.63, 3.8) is 0 Å². The summed E-state index contributed by atoms with van der Waals surface area (Å²) in [5, 5.41) is 0. The van der Waals surface area contributed by atoms with E-state index < -0.39 is 6.10 Å². The minimum atomic E-state index is -0.411. The molecule has 3 rings (SSSR count). The lowest BCUT2D eigenvalue weighted by molar-refractivity contribution is -0.198. The van der Waals surface area contributed by atoms with E-state index in [0.717, 1.165) is 29.7 Å². The first-order chi connectivity index (χ1) is 12.6. The number of rotatable bonds is 6. The molecule has 4 atom stereocenters. The molecule has 0 aliphatic carbocycles. The molecule has 0 bridgehead atoms. The fourth-order valence-electron chi connectivity index (χ4n) is 3.42. The molecule has 2 heterocycles. The van der Waals surface area contributed by atoms with Crippen LogP contribution < -0.4 is 4.74 Å². The first-order valence-corrected chi connectivity index (χ1v) is 8.89. The molecule has 0 radical (unpaired) electrons. The van der Waals surface area contributed by atoms with Crippen LogP contribution in [0.25, 0.3) is 0 Å². The molecule has 0 N–H and O–H groups in total. The van der Waals surface area contributed by atoms with Crippen LogP contribution in [0.2, 0.25) is 0 Å². The van der Waals surface area contributed by atoms with Crippen molar-refractivity contribution in [3.05, 3.63) is 42.0 Å². The number of carbonyl (C=O) groups is 1. The van der Waals surface area contributed by atoms with E-state index in [1.54, 1.807) is 7.11 Å². The largest absolute Gasteiger partial charge is 0.497 e. The van der Waals surface area contributed by atoms with Crippen LogP contribution in [0.5, 0.6) is 5.75 Å². The van der Waals surface area contributed by atoms with Gasteiger partial charge in [-0.2, -0.15) is 0 Å². The van der Waals surface area contributed by atoms with Gasteiger partial charge >= 0.3 is 5.97 Å². The van der Waals surface area contributed by atoms with Crippen molar-refractivity contribution < 1.29 is 28.5 Å². The van der Waals surface area contributed by atoms with Crippen LogP contribution in [0.15, 0.2) is 36.4 Å². The molecule has 1 aromatic rings. The van der Waals surface area contributed by atoms with E-state index in [-0.39, 0.29) is 30.7 Å². The molecule has 2 aliphatic heterocycles. The van der Waals surface area contributed by atoms with Crippen LogP contribution in [-0.2, 0) is 30.3 Å². The van der Waals surface area contributed by atoms with Gasteiger partial charge in [0.15, 0.2) is 0 Å². The molecule has 1 aromatic carbocycles. The van der Waals surface area contributed by atoms with E-state index in [1.807, 2.05) is 24.3 Å². The lowest BCUT2D eigenvalue weighted by atomic mass is 9.88. The van der Waals surface area contributed by atoms with Gasteiger partial charge in [-0.25, -0.2) is 0 Å². The molecule has 0 amide bonds. The molecule has 2 fully saturated rings. The van der Waals surface area contributed by atoms with Gasteiger partial charge in [-0.15, -0.1) is 0 Å². The quantitative estimate of drug-likeness (QED) is 0.573. The summed E-state index contributed by atoms with van der Waals surface area (Å²) >= 11 is 0. The molecular formula is C20H26O6. The van der Waals surface area contributed by atoms with Crippen molar-refractivity contribution in [3.8, 4) is 5.75 Å². The summed E-state index contributed by atoms with van der Waals surface area (Å²) in [7, 11) is 3.01. The third kappa shape index (κ3) is 4.26. The maximum Gasteiger partial charge on any atom is 0.308 e. The Hall–Kier alpha value is -1.89. The van der Waals surface area contributed by atoms with Crippen LogP contribution in [0.1, 0.15) is 24.8 Å². The molecule has 0 spiro atoms. The van der Waals surface area contributed by atoms with Crippen LogP contribution in [0.4, 0.5) is 0 Å². The molecule has 6 nitrogen and oxygen atoms in total. The predicted octanol–water partition coefficient (Wildman–Crippen LogP) is 2.65. The second-order valence-corrected chi connectivity index (χ2v) is 6.58. The molecular weight excluding hydrogens is 336 g/mol. The number of esters is 1. The molecule has 2 aliphatic rings. The summed E-state index contributed by atoms with van der Waals surface area (Å²) in [6, 6.07) is 7.73. The summed E-state index contributed by atoms with van der Waals surface area (Å²) in [4.78, 5) is 11.7. The van der Waals surface area contributed by atoms with Gasteiger partial charge in [0.1, 0.15) is 18.0 Å². The molecule has 26 heavy (non-hydrogen) atoms. The van der Waals surface area contributed by atoms with E-state index in [9.17, 15) is 4.79 Å². The van der Waals surface area contributed by atoms with Crippen LogP contribution in [0.3, 0.4) is 0 Å². The molecule has 142 valence electrons. The smallest absolute Gasteiger partial charge is 0.308 e. The Balaban J connectivity index is 1.70. The van der Waals surface area contributed by atoms with E-state index in [4.69, 9.17) is 23.7 Å². The van der Waals surface area contributed by atoms with Gasteiger partial charge in [0.05, 0.1) is 39.5 Å². The van der Waals surface area contributed by atoms with Crippen LogP contribution >= 0.6 is 0 Å². The van der Waals surface area contributed by atoms with Gasteiger partial charge in [-0.3, -0.25) is 4.79 Å². The third-order valence-corrected chi connectivity index (χ3v) is 4.89. The summed E-state index contributed by atoms with van der Waals surface area (Å²) in [5.74, 6) is 0.485. The Morgan fingerprint density at radius 3 is 2.73 bits per heavy atom. The average Bonchev–Trinajstić information content (AvgIpc) is 2.68. The van der Waals surface area contributed by atoms with E-state index in [0.29, 0.717) is 13.2 Å². The van der Waals surface area contributed by atoms with E-state index in [2.05, 4.69) is 6.58 Å². The number of hydrogen-bond donors (Lipinski definition) is 0. The highest BCUT2D eigenvalue weighted by molar-refractivity contribution is 5.70. The molecule has 0 saturated carbocycles. The minimum absolute atomic E-state index is 0.0928. The van der Waals surface area contributed by atoms with Gasteiger partial charge in [0.2, 0.25) is 0 Å². The standard InChI is InChI=1S/C20H26O6/c1-13-17(11-18(21)23-3)26-16-5-4-10-24-20(16)19(13)25-12-14-6-8-15(22-2)9-7-14/h6-9,16-17,19-20H,1,4-5,10-12H2,2-3H3/t16-,17+,19-,20-/m0/s1. The lowest BCUT2D eigenvalue weighted by Crippen LogP contribution is -2.54. The van der Waals surface area contributed by atoms with E-state index >= 15 is 0 Å². The minimum Gasteiger partial charge on any atom is -0.497 e. The highest BCUT2D eigenvalue weighted by atomic mass is 16.6. The SMILES string of the molecule is C=C1[C@@H](CC(=O)OC)O[C@H]2CCCO[C@@H]2[C@H]1OCc1ccc(OC)cc1. The summed E-state index contributed by atoms with van der Waals surface area (Å²) in [6.07, 6.45) is 0.952. The van der Waals surface area contributed by atoms with Crippen LogP contribution in [-0.4, -0.2) is 51.2 Å². The maximum absolute atomic E-state index is 11.7. The maximum atomic E-state index is 11.7. The fourth-order valence-corrected chi connectivity index (χ4v) is 3.42. The molecule has 2 saturated heterocycles. The topological polar surface area (TPSA) is 63.2 Å². The Labute approximate surface area is 154 Å². The van der Waals surface area contributed by atoms with Gasteiger partial charge in [0, 0.05) is 6.61 Å². The summed E-state index contributed by atoms with van der Waals surface area (Å²) < 4.78 is 28.1. The number of ether oxygens (including phenoxy) is 5. The second-order valence-electron chi connectivity index (χ2n) is 6.58. The zero-order chi connectivity index (χ0) is 18.5. The number of methoxy groups -OCH3 is 2. The van der Waals surface area contributed by atoms with Gasteiger partial charge in [0.25, 0.3) is 0 Å². The third-order valence-electron chi connectivity index (χ3n) is 4.89. The molecule has 0 aromatic heterocycles. The fraction of sp³-hybridized carbons (Fsp3) is 0.550. The van der Waals surface area contributed by atoms with Gasteiger partial charge < -0.3 is 23.7 Å². The second kappa shape index (κ2) is 8.66. The summed E-state index contributed by atoms with van der Waals surface area (Å²) in [5.41, 5.74) is 1.76. The molecule has 6 heteroatoms. The zero-order valence-electron chi connectivity index (χ0n) is 15.3. The zero-order valence-corrected chi connectivity index (χ0v) is 15.3. The average molecular weight is 362 g/mol. The van der Waals surface area contributed by atoms with Crippen molar-refractivity contribution in [1.82, 2.24) is 0 Å². The normalized spacial score (nSPS) is 28.3. The van der Waals surface area contributed by atoms with Gasteiger partial charge in [-0.1, -0.05) is 18.7 Å². The number of benzene rings is 1. The number of fused-ring (bicyclic) bond motifs is 1. The van der Waals surface area contributed by atoms with Crippen molar-refractivity contribution in [2.45, 2.75) is 50.3 Å². The highest BCUT2D eigenvalue weighted by Gasteiger charge is 2.44. The van der Waals surface area contributed by atoms with Crippen molar-refractivity contribution in [1.29, 1.82) is 0 Å². The Morgan fingerprint density at radius 2 is 2.04 bits per heavy atom. The Bertz CT molecular complexity index is 626. The monoisotopic (exact) mass is 362 g/mol. The number of hydrogen-bond acceptors (Lipinski definition) is 6. The van der Waals surface area contributed by atoms with Crippen LogP contribution in [0, 0.1) is 0 Å². The predicted molar refractivity (Wildman–Crippen MR) is 95.0 cm³/mol. The first kappa shape index (κ1) is 18.9. The Kier molecular flexibility index (Phi) is 6.29. The number of carbonyl (C=O) groups excluding carboxylic acids is 1. The van der Waals surface area contributed by atoms with Crippen molar-refractivity contribution >= 4 is 5.97 Å². The van der Waals surface area contributed by atoms with Gasteiger partial charge in [-0.05, 0) is 36.1 Å². The Morgan fingerprint density at radius 1 is 1.27 bits per heavy atom. The van der Waals surface area contributed by atoms with Crippen molar-refractivity contribution in [2.24, 2.45) is 0 Å².